The third kappa shape index (κ3) is 2.76. The van der Waals surface area contributed by atoms with Crippen LogP contribution in [0.15, 0.2) is 35.7 Å². The molecule has 1 atom stereocenters. The summed E-state index contributed by atoms with van der Waals surface area (Å²) in [6.07, 6.45) is 0.709. The molecule has 0 aliphatic carbocycles. The molecule has 1 aromatic heterocycles. The lowest BCUT2D eigenvalue weighted by molar-refractivity contribution is 0.625. The summed E-state index contributed by atoms with van der Waals surface area (Å²) in [4.78, 5) is 1.19. The Morgan fingerprint density at radius 2 is 2.12 bits per heavy atom. The number of alkyl halides is 1. The van der Waals surface area contributed by atoms with Gasteiger partial charge in [-0.2, -0.15) is 0 Å². The highest BCUT2D eigenvalue weighted by Crippen LogP contribution is 2.29. The maximum Gasteiger partial charge on any atom is 0.142 e. The Kier molecular flexibility index (Phi) is 3.85. The molecule has 0 radical (unpaired) electrons. The van der Waals surface area contributed by atoms with E-state index in [0.717, 1.165) is 5.56 Å². The quantitative estimate of drug-likeness (QED) is 0.686. The number of hydrogen-bond donors (Lipinski definition) is 0. The van der Waals surface area contributed by atoms with Crippen LogP contribution < -0.4 is 0 Å². The van der Waals surface area contributed by atoms with Crippen LogP contribution in [0.1, 0.15) is 15.8 Å². The Balaban J connectivity index is 2.14. The average molecular weight is 275 g/mol. The van der Waals surface area contributed by atoms with Gasteiger partial charge in [0.2, 0.25) is 0 Å². The molecule has 1 aromatic carbocycles. The maximum atomic E-state index is 13.2. The van der Waals surface area contributed by atoms with Crippen LogP contribution >= 0.6 is 34.5 Å². The van der Waals surface area contributed by atoms with E-state index in [9.17, 15) is 4.39 Å². The van der Waals surface area contributed by atoms with Crippen molar-refractivity contribution < 1.29 is 4.39 Å². The number of benzene rings is 1. The van der Waals surface area contributed by atoms with Gasteiger partial charge < -0.3 is 0 Å². The Bertz CT molecular complexity index is 468. The molecule has 0 aliphatic heterocycles. The highest BCUT2D eigenvalue weighted by molar-refractivity contribution is 7.09. The monoisotopic (exact) mass is 274 g/mol. The molecule has 2 rings (SSSR count). The number of rotatable bonds is 3. The zero-order chi connectivity index (χ0) is 11.5. The predicted molar refractivity (Wildman–Crippen MR) is 68.0 cm³/mol. The smallest absolute Gasteiger partial charge is 0.142 e. The van der Waals surface area contributed by atoms with Gasteiger partial charge in [0.1, 0.15) is 5.82 Å². The van der Waals surface area contributed by atoms with Crippen molar-refractivity contribution in [1.82, 2.24) is 0 Å². The van der Waals surface area contributed by atoms with E-state index in [2.05, 4.69) is 0 Å². The first kappa shape index (κ1) is 11.9. The van der Waals surface area contributed by atoms with Gasteiger partial charge in [0, 0.05) is 11.3 Å². The topological polar surface area (TPSA) is 0 Å². The molecular formula is C12H9Cl2FS. The molecular weight excluding hydrogens is 266 g/mol. The fourth-order valence-corrected chi connectivity index (χ4v) is 2.69. The van der Waals surface area contributed by atoms with Gasteiger partial charge in [0.05, 0.1) is 10.4 Å². The molecule has 1 heterocycles. The lowest BCUT2D eigenvalue weighted by Crippen LogP contribution is -1.95. The van der Waals surface area contributed by atoms with E-state index < -0.39 is 5.82 Å². The molecule has 0 bridgehead atoms. The summed E-state index contributed by atoms with van der Waals surface area (Å²) in [5, 5.41) is 1.91. The largest absolute Gasteiger partial charge is 0.205 e. The van der Waals surface area contributed by atoms with Crippen LogP contribution in [0.2, 0.25) is 5.02 Å². The van der Waals surface area contributed by atoms with Crippen LogP contribution in [0, 0.1) is 5.82 Å². The summed E-state index contributed by atoms with van der Waals surface area (Å²) in [7, 11) is 0. The lowest BCUT2D eigenvalue weighted by Gasteiger charge is -2.09. The van der Waals surface area contributed by atoms with E-state index in [-0.39, 0.29) is 10.4 Å². The van der Waals surface area contributed by atoms with Gasteiger partial charge in [0.15, 0.2) is 0 Å². The minimum Gasteiger partial charge on any atom is -0.205 e. The zero-order valence-electron chi connectivity index (χ0n) is 8.29. The first-order valence-electron chi connectivity index (χ1n) is 4.78. The molecule has 4 heteroatoms. The second kappa shape index (κ2) is 5.17. The average Bonchev–Trinajstić information content (AvgIpc) is 2.74. The molecule has 0 amide bonds. The van der Waals surface area contributed by atoms with Crippen molar-refractivity contribution in [3.8, 4) is 0 Å². The molecule has 84 valence electrons. The SMILES string of the molecule is Fc1cc(C(Cl)Cc2cccs2)ccc1Cl. The summed E-state index contributed by atoms with van der Waals surface area (Å²) in [5.41, 5.74) is 0.761. The van der Waals surface area contributed by atoms with Crippen molar-refractivity contribution in [2.24, 2.45) is 0 Å². The summed E-state index contributed by atoms with van der Waals surface area (Å²) in [5.74, 6) is -0.420. The Morgan fingerprint density at radius 1 is 1.31 bits per heavy atom. The third-order valence-electron chi connectivity index (χ3n) is 2.27. The van der Waals surface area contributed by atoms with E-state index in [1.54, 1.807) is 17.4 Å². The summed E-state index contributed by atoms with van der Waals surface area (Å²) in [6.45, 7) is 0. The van der Waals surface area contributed by atoms with Crippen LogP contribution in [0.25, 0.3) is 0 Å². The molecule has 0 fully saturated rings. The van der Waals surface area contributed by atoms with Gasteiger partial charge in [-0.15, -0.1) is 22.9 Å². The molecule has 0 nitrogen and oxygen atoms in total. The van der Waals surface area contributed by atoms with E-state index in [4.69, 9.17) is 23.2 Å². The Labute approximate surface area is 108 Å². The second-order valence-electron chi connectivity index (χ2n) is 3.42. The van der Waals surface area contributed by atoms with E-state index in [1.165, 1.54) is 17.0 Å². The van der Waals surface area contributed by atoms with Gasteiger partial charge in [-0.3, -0.25) is 0 Å². The molecule has 0 saturated heterocycles. The maximum absolute atomic E-state index is 13.2. The summed E-state index contributed by atoms with van der Waals surface area (Å²) in [6, 6.07) is 8.69. The predicted octanol–water partition coefficient (Wildman–Crippen LogP) is 5.06. The third-order valence-corrected chi connectivity index (χ3v) is 3.88. The molecule has 0 N–H and O–H groups in total. The number of halogens is 3. The molecule has 0 saturated carbocycles. The van der Waals surface area contributed by atoms with E-state index in [1.807, 2.05) is 17.5 Å². The molecule has 0 spiro atoms. The number of thiophene rings is 1. The lowest BCUT2D eigenvalue weighted by atomic mass is 10.1. The van der Waals surface area contributed by atoms with Crippen molar-refractivity contribution >= 4 is 34.5 Å². The van der Waals surface area contributed by atoms with Crippen LogP contribution in [-0.4, -0.2) is 0 Å². The summed E-state index contributed by atoms with van der Waals surface area (Å²) >= 11 is 13.5. The van der Waals surface area contributed by atoms with Crippen molar-refractivity contribution in [1.29, 1.82) is 0 Å². The minimum absolute atomic E-state index is 0.128. The molecule has 1 unspecified atom stereocenters. The Morgan fingerprint density at radius 3 is 2.75 bits per heavy atom. The molecule has 2 aromatic rings. The first-order chi connectivity index (χ1) is 7.66. The zero-order valence-corrected chi connectivity index (χ0v) is 10.6. The van der Waals surface area contributed by atoms with Crippen LogP contribution in [-0.2, 0) is 6.42 Å². The van der Waals surface area contributed by atoms with Crippen molar-refractivity contribution in [3.05, 3.63) is 57.0 Å². The number of hydrogen-bond acceptors (Lipinski definition) is 1. The molecule has 0 aliphatic rings. The highest BCUT2D eigenvalue weighted by atomic mass is 35.5. The van der Waals surface area contributed by atoms with Crippen molar-refractivity contribution in [3.63, 3.8) is 0 Å². The fourth-order valence-electron chi connectivity index (χ4n) is 1.43. The minimum atomic E-state index is -0.420. The van der Waals surface area contributed by atoms with E-state index in [0.29, 0.717) is 6.42 Å². The van der Waals surface area contributed by atoms with Crippen LogP contribution in [0.3, 0.4) is 0 Å². The van der Waals surface area contributed by atoms with Gasteiger partial charge >= 0.3 is 0 Å². The van der Waals surface area contributed by atoms with Gasteiger partial charge in [-0.05, 0) is 29.1 Å². The fraction of sp³-hybridized carbons (Fsp3) is 0.167. The summed E-state index contributed by atoms with van der Waals surface area (Å²) < 4.78 is 13.2. The van der Waals surface area contributed by atoms with Crippen LogP contribution in [0.5, 0.6) is 0 Å². The highest BCUT2D eigenvalue weighted by Gasteiger charge is 2.11. The van der Waals surface area contributed by atoms with Crippen LogP contribution in [0.4, 0.5) is 4.39 Å². The van der Waals surface area contributed by atoms with Crippen molar-refractivity contribution in [2.45, 2.75) is 11.8 Å². The normalized spacial score (nSPS) is 12.7. The van der Waals surface area contributed by atoms with Gasteiger partial charge in [-0.1, -0.05) is 23.7 Å². The Hall–Kier alpha value is -0.570. The van der Waals surface area contributed by atoms with Crippen molar-refractivity contribution in [2.75, 3.05) is 0 Å². The first-order valence-corrected chi connectivity index (χ1v) is 6.47. The standard InChI is InChI=1S/C12H9Cl2FS/c13-10-4-3-8(6-12(10)15)11(14)7-9-2-1-5-16-9/h1-6,11H,7H2. The van der Waals surface area contributed by atoms with E-state index >= 15 is 0 Å². The second-order valence-corrected chi connectivity index (χ2v) is 5.39. The van der Waals surface area contributed by atoms with Gasteiger partial charge in [-0.25, -0.2) is 4.39 Å². The van der Waals surface area contributed by atoms with Gasteiger partial charge in [0.25, 0.3) is 0 Å². The molecule has 16 heavy (non-hydrogen) atoms.